The zero-order chi connectivity index (χ0) is 10.8. The fraction of sp³-hybridized carbons (Fsp3) is 0. The Balaban J connectivity index is 2.58. The number of nitrogens with two attached hydrogens (primary N) is 1. The molecule has 0 aliphatic rings. The maximum atomic E-state index is 10.9. The van der Waals surface area contributed by atoms with Crippen LogP contribution >= 0.6 is 11.3 Å². The summed E-state index contributed by atoms with van der Waals surface area (Å²) in [5, 5.41) is 9.09. The third-order valence-corrected chi connectivity index (χ3v) is 2.49. The molecule has 0 aromatic carbocycles. The minimum atomic E-state index is -1.08. The van der Waals surface area contributed by atoms with Crippen molar-refractivity contribution >= 4 is 22.4 Å². The van der Waals surface area contributed by atoms with Gasteiger partial charge in [0.25, 0.3) is 0 Å². The first-order valence-corrected chi connectivity index (χ1v) is 4.77. The number of hydrogen-bond donors (Lipinski definition) is 2. The van der Waals surface area contributed by atoms with Gasteiger partial charge in [-0.3, -0.25) is 0 Å². The number of thiazole rings is 1. The van der Waals surface area contributed by atoms with Crippen LogP contribution in [0.25, 0.3) is 11.5 Å². The van der Waals surface area contributed by atoms with Crippen LogP contribution in [-0.4, -0.2) is 26.0 Å². The Morgan fingerprint density at radius 2 is 2.07 bits per heavy atom. The van der Waals surface area contributed by atoms with Crippen LogP contribution in [0.1, 0.15) is 9.67 Å². The van der Waals surface area contributed by atoms with Crippen LogP contribution in [0.4, 0.5) is 5.13 Å². The van der Waals surface area contributed by atoms with E-state index < -0.39 is 5.97 Å². The van der Waals surface area contributed by atoms with Crippen molar-refractivity contribution in [2.45, 2.75) is 0 Å². The Kier molecular flexibility index (Phi) is 2.30. The lowest BCUT2D eigenvalue weighted by Crippen LogP contribution is -1.97. The number of carboxylic acids is 1. The molecule has 3 N–H and O–H groups in total. The lowest BCUT2D eigenvalue weighted by Gasteiger charge is -1.94. The van der Waals surface area contributed by atoms with Crippen LogP contribution in [0.5, 0.6) is 0 Å². The molecule has 2 aromatic heterocycles. The lowest BCUT2D eigenvalue weighted by molar-refractivity contribution is 0.0702. The highest BCUT2D eigenvalue weighted by atomic mass is 32.1. The van der Waals surface area contributed by atoms with Gasteiger partial charge in [-0.1, -0.05) is 11.3 Å². The molecule has 7 heteroatoms. The summed E-state index contributed by atoms with van der Waals surface area (Å²) in [5.74, 6) is -0.811. The molecule has 0 aliphatic carbocycles. The van der Waals surface area contributed by atoms with Crippen molar-refractivity contribution in [2.75, 3.05) is 5.73 Å². The Hall–Kier alpha value is -2.02. The second kappa shape index (κ2) is 3.62. The number of rotatable bonds is 2. The zero-order valence-corrected chi connectivity index (χ0v) is 8.23. The second-order valence-electron chi connectivity index (χ2n) is 2.61. The summed E-state index contributed by atoms with van der Waals surface area (Å²) in [6, 6.07) is 1.64. The molecular formula is C8H6N4O2S. The van der Waals surface area contributed by atoms with E-state index in [0.717, 1.165) is 11.3 Å². The molecule has 0 unspecified atom stereocenters. The Morgan fingerprint density at radius 3 is 2.67 bits per heavy atom. The minimum absolute atomic E-state index is 0.0544. The number of carboxylic acid groups (broad SMARTS) is 1. The first-order chi connectivity index (χ1) is 7.18. The third kappa shape index (κ3) is 1.77. The number of hydrogen-bond acceptors (Lipinski definition) is 6. The van der Waals surface area contributed by atoms with E-state index in [1.54, 1.807) is 6.07 Å². The smallest absolute Gasteiger partial charge is 0.348 e. The molecule has 6 nitrogen and oxygen atoms in total. The minimum Gasteiger partial charge on any atom is -0.477 e. The van der Waals surface area contributed by atoms with E-state index in [1.165, 1.54) is 12.4 Å². The van der Waals surface area contributed by atoms with Gasteiger partial charge in [-0.05, 0) is 6.07 Å². The maximum Gasteiger partial charge on any atom is 0.348 e. The van der Waals surface area contributed by atoms with Gasteiger partial charge in [0.05, 0.1) is 0 Å². The summed E-state index contributed by atoms with van der Waals surface area (Å²) in [6.45, 7) is 0. The standard InChI is InChI=1S/C8H6N4O2S/c9-8-12-4(5(15-8)7(13)14)6-10-2-1-3-11-6/h1-3H,(H2,9,12)(H,13,14). The second-order valence-corrected chi connectivity index (χ2v) is 3.64. The number of nitrogen functional groups attached to an aromatic ring is 1. The topological polar surface area (TPSA) is 102 Å². The number of aromatic nitrogens is 3. The van der Waals surface area contributed by atoms with Gasteiger partial charge in [0, 0.05) is 12.4 Å². The molecule has 76 valence electrons. The Morgan fingerprint density at radius 1 is 1.40 bits per heavy atom. The molecule has 0 saturated heterocycles. The predicted molar refractivity (Wildman–Crippen MR) is 54.5 cm³/mol. The summed E-state index contributed by atoms with van der Waals surface area (Å²) >= 11 is 0.904. The summed E-state index contributed by atoms with van der Waals surface area (Å²) < 4.78 is 0. The van der Waals surface area contributed by atoms with Gasteiger partial charge < -0.3 is 10.8 Å². The number of nitrogens with zero attached hydrogens (tertiary/aromatic N) is 3. The van der Waals surface area contributed by atoms with Crippen molar-refractivity contribution in [2.24, 2.45) is 0 Å². The third-order valence-electron chi connectivity index (χ3n) is 1.62. The maximum absolute atomic E-state index is 10.9. The van der Waals surface area contributed by atoms with Gasteiger partial charge in [0.2, 0.25) is 0 Å². The SMILES string of the molecule is Nc1nc(-c2ncccn2)c(C(=O)O)s1. The van der Waals surface area contributed by atoms with E-state index in [-0.39, 0.29) is 21.5 Å². The van der Waals surface area contributed by atoms with E-state index in [1.807, 2.05) is 0 Å². The summed E-state index contributed by atoms with van der Waals surface area (Å²) in [4.78, 5) is 22.7. The van der Waals surface area contributed by atoms with Crippen LogP contribution in [0, 0.1) is 0 Å². The average Bonchev–Trinajstić information content (AvgIpc) is 2.62. The van der Waals surface area contributed by atoms with Gasteiger partial charge in [-0.25, -0.2) is 19.7 Å². The largest absolute Gasteiger partial charge is 0.477 e. The monoisotopic (exact) mass is 222 g/mol. The Labute approximate surface area is 88.4 Å². The molecule has 0 radical (unpaired) electrons. The Bertz CT molecular complexity index is 497. The van der Waals surface area contributed by atoms with Crippen LogP contribution in [-0.2, 0) is 0 Å². The molecule has 0 amide bonds. The lowest BCUT2D eigenvalue weighted by atomic mass is 10.3. The molecule has 0 fully saturated rings. The fourth-order valence-electron chi connectivity index (χ4n) is 1.05. The summed E-state index contributed by atoms with van der Waals surface area (Å²) in [7, 11) is 0. The fourth-order valence-corrected chi connectivity index (χ4v) is 1.72. The van der Waals surface area contributed by atoms with E-state index in [9.17, 15) is 4.79 Å². The molecule has 2 rings (SSSR count). The van der Waals surface area contributed by atoms with Crippen molar-refractivity contribution in [3.8, 4) is 11.5 Å². The normalized spacial score (nSPS) is 10.1. The van der Waals surface area contributed by atoms with Gasteiger partial charge in [0.15, 0.2) is 11.0 Å². The first-order valence-electron chi connectivity index (χ1n) is 3.95. The summed E-state index contributed by atoms with van der Waals surface area (Å²) in [6.07, 6.45) is 3.03. The highest BCUT2D eigenvalue weighted by molar-refractivity contribution is 7.17. The van der Waals surface area contributed by atoms with Crippen molar-refractivity contribution in [1.29, 1.82) is 0 Å². The van der Waals surface area contributed by atoms with Gasteiger partial charge in [0.1, 0.15) is 10.6 Å². The average molecular weight is 222 g/mol. The van der Waals surface area contributed by atoms with E-state index >= 15 is 0 Å². The summed E-state index contributed by atoms with van der Waals surface area (Å²) in [5.41, 5.74) is 5.66. The van der Waals surface area contributed by atoms with E-state index in [4.69, 9.17) is 10.8 Å². The van der Waals surface area contributed by atoms with Crippen molar-refractivity contribution in [1.82, 2.24) is 15.0 Å². The van der Waals surface area contributed by atoms with Gasteiger partial charge >= 0.3 is 5.97 Å². The highest BCUT2D eigenvalue weighted by Gasteiger charge is 2.19. The predicted octanol–water partition coefficient (Wildman–Crippen LogP) is 0.880. The molecule has 0 bridgehead atoms. The van der Waals surface area contributed by atoms with E-state index in [0.29, 0.717) is 0 Å². The molecular weight excluding hydrogens is 216 g/mol. The quantitative estimate of drug-likeness (QED) is 0.782. The van der Waals surface area contributed by atoms with Crippen LogP contribution in [0.2, 0.25) is 0 Å². The molecule has 0 atom stereocenters. The van der Waals surface area contributed by atoms with Gasteiger partial charge in [-0.15, -0.1) is 0 Å². The molecule has 0 aliphatic heterocycles. The van der Waals surface area contributed by atoms with Crippen molar-refractivity contribution in [3.63, 3.8) is 0 Å². The molecule has 15 heavy (non-hydrogen) atoms. The van der Waals surface area contributed by atoms with Crippen molar-refractivity contribution < 1.29 is 9.90 Å². The van der Waals surface area contributed by atoms with E-state index in [2.05, 4.69) is 15.0 Å². The molecule has 2 aromatic rings. The number of anilines is 1. The molecule has 0 spiro atoms. The number of carbonyl (C=O) groups is 1. The first kappa shape index (κ1) is 9.53. The van der Waals surface area contributed by atoms with Crippen LogP contribution < -0.4 is 5.73 Å². The highest BCUT2D eigenvalue weighted by Crippen LogP contribution is 2.26. The van der Waals surface area contributed by atoms with Crippen LogP contribution in [0.15, 0.2) is 18.5 Å². The number of aromatic carboxylic acids is 1. The van der Waals surface area contributed by atoms with Crippen LogP contribution in [0.3, 0.4) is 0 Å². The zero-order valence-electron chi connectivity index (χ0n) is 7.41. The molecule has 2 heterocycles. The van der Waals surface area contributed by atoms with Crippen molar-refractivity contribution in [3.05, 3.63) is 23.3 Å². The molecule has 0 saturated carbocycles. The van der Waals surface area contributed by atoms with Gasteiger partial charge in [-0.2, -0.15) is 0 Å².